The maximum atomic E-state index is 13.3. The molecule has 0 N–H and O–H groups in total. The summed E-state index contributed by atoms with van der Waals surface area (Å²) in [4.78, 5) is 10.6. The molecule has 0 aromatic rings. The van der Waals surface area contributed by atoms with Crippen molar-refractivity contribution in [2.24, 2.45) is 5.92 Å². The highest BCUT2D eigenvalue weighted by molar-refractivity contribution is 6.64. The van der Waals surface area contributed by atoms with E-state index in [4.69, 9.17) is 34.8 Å². The van der Waals surface area contributed by atoms with E-state index in [9.17, 15) is 9.18 Å². The number of carbonyl (C=O) groups excluding carboxylic acids is 1. The first-order valence-corrected chi connectivity index (χ1v) is 4.20. The number of carbonyl (C=O) groups is 1. The topological polar surface area (TPSA) is 17.1 Å². The summed E-state index contributed by atoms with van der Waals surface area (Å²) < 4.78 is 13.3. The maximum Gasteiger partial charge on any atom is 0.233 e. The van der Waals surface area contributed by atoms with Crippen molar-refractivity contribution in [3.8, 4) is 0 Å². The molecule has 0 radical (unpaired) electrons. The third-order valence-corrected chi connectivity index (χ3v) is 2.25. The highest BCUT2D eigenvalue weighted by Crippen LogP contribution is 2.37. The lowest BCUT2D eigenvalue weighted by Gasteiger charge is -2.22. The van der Waals surface area contributed by atoms with E-state index in [-0.39, 0.29) is 5.03 Å². The standard InChI is InChI=1S/C7H4Cl3FO/c8-4-1-2-5(6(9)12)7(10,11)3-4/h1-3,5H. The van der Waals surface area contributed by atoms with Crippen molar-refractivity contribution in [2.45, 2.75) is 5.13 Å². The van der Waals surface area contributed by atoms with Gasteiger partial charge >= 0.3 is 0 Å². The Morgan fingerprint density at radius 3 is 2.67 bits per heavy atom. The van der Waals surface area contributed by atoms with Gasteiger partial charge in [-0.15, -0.1) is 0 Å². The highest BCUT2D eigenvalue weighted by Gasteiger charge is 2.39. The third kappa shape index (κ3) is 2.00. The van der Waals surface area contributed by atoms with Crippen LogP contribution < -0.4 is 0 Å². The van der Waals surface area contributed by atoms with E-state index in [0.717, 1.165) is 6.08 Å². The zero-order chi connectivity index (χ0) is 9.35. The Morgan fingerprint density at radius 1 is 1.67 bits per heavy atom. The Labute approximate surface area is 83.8 Å². The summed E-state index contributed by atoms with van der Waals surface area (Å²) in [6.45, 7) is 0. The van der Waals surface area contributed by atoms with Crippen molar-refractivity contribution in [3.63, 3.8) is 0 Å². The van der Waals surface area contributed by atoms with Crippen molar-refractivity contribution >= 4 is 40.0 Å². The van der Waals surface area contributed by atoms with Gasteiger partial charge in [-0.3, -0.25) is 4.79 Å². The van der Waals surface area contributed by atoms with Crippen LogP contribution in [0.4, 0.5) is 4.39 Å². The number of alkyl halides is 2. The van der Waals surface area contributed by atoms with Crippen LogP contribution in [0.15, 0.2) is 23.3 Å². The van der Waals surface area contributed by atoms with Gasteiger partial charge in [-0.1, -0.05) is 29.3 Å². The molecule has 0 amide bonds. The minimum absolute atomic E-state index is 0.154. The van der Waals surface area contributed by atoms with Gasteiger partial charge in [-0.05, 0) is 23.8 Å². The number of hydrogen-bond acceptors (Lipinski definition) is 1. The smallest absolute Gasteiger partial charge is 0.233 e. The van der Waals surface area contributed by atoms with Crippen LogP contribution >= 0.6 is 34.8 Å². The Morgan fingerprint density at radius 2 is 2.25 bits per heavy atom. The zero-order valence-electron chi connectivity index (χ0n) is 5.73. The summed E-state index contributed by atoms with van der Waals surface area (Å²) in [6.07, 6.45) is 3.57. The molecular formula is C7H4Cl3FO. The van der Waals surface area contributed by atoms with Crippen LogP contribution in [0.3, 0.4) is 0 Å². The normalized spacial score (nSPS) is 34.7. The fourth-order valence-corrected chi connectivity index (χ4v) is 1.73. The van der Waals surface area contributed by atoms with E-state index >= 15 is 0 Å². The minimum atomic E-state index is -2.30. The number of hydrogen-bond donors (Lipinski definition) is 0. The second-order valence-electron chi connectivity index (χ2n) is 2.34. The lowest BCUT2D eigenvalue weighted by atomic mass is 10.00. The Balaban J connectivity index is 2.96. The van der Waals surface area contributed by atoms with Crippen LogP contribution in [-0.4, -0.2) is 10.4 Å². The van der Waals surface area contributed by atoms with Crippen LogP contribution in [0.1, 0.15) is 0 Å². The lowest BCUT2D eigenvalue weighted by Crippen LogP contribution is -2.29. The molecule has 0 spiro atoms. The molecule has 1 aliphatic carbocycles. The Kier molecular flexibility index (Phi) is 2.81. The quantitative estimate of drug-likeness (QED) is 0.499. The molecule has 0 bridgehead atoms. The van der Waals surface area contributed by atoms with Crippen molar-refractivity contribution in [1.82, 2.24) is 0 Å². The average Bonchev–Trinajstić information content (AvgIpc) is 1.82. The average molecular weight is 229 g/mol. The van der Waals surface area contributed by atoms with Crippen molar-refractivity contribution in [1.29, 1.82) is 0 Å². The van der Waals surface area contributed by atoms with Gasteiger partial charge in [0.1, 0.15) is 5.92 Å². The molecule has 12 heavy (non-hydrogen) atoms. The van der Waals surface area contributed by atoms with E-state index in [1.807, 2.05) is 0 Å². The molecule has 0 saturated heterocycles. The summed E-state index contributed by atoms with van der Waals surface area (Å²) in [6, 6.07) is 0. The largest absolute Gasteiger partial charge is 0.280 e. The van der Waals surface area contributed by atoms with Crippen molar-refractivity contribution in [2.75, 3.05) is 0 Å². The third-order valence-electron chi connectivity index (χ3n) is 1.44. The molecule has 0 fully saturated rings. The zero-order valence-corrected chi connectivity index (χ0v) is 8.00. The van der Waals surface area contributed by atoms with Gasteiger partial charge in [0.2, 0.25) is 10.4 Å². The van der Waals surface area contributed by atoms with E-state index in [0.29, 0.717) is 0 Å². The van der Waals surface area contributed by atoms with E-state index in [2.05, 4.69) is 0 Å². The van der Waals surface area contributed by atoms with Gasteiger partial charge in [0.05, 0.1) is 0 Å². The monoisotopic (exact) mass is 228 g/mol. The van der Waals surface area contributed by atoms with Crippen LogP contribution in [0.5, 0.6) is 0 Å². The maximum absolute atomic E-state index is 13.3. The first kappa shape index (κ1) is 10.0. The second-order valence-corrected chi connectivity index (χ2v) is 3.73. The second kappa shape index (κ2) is 3.36. The Bertz CT molecular complexity index is 270. The van der Waals surface area contributed by atoms with E-state index < -0.39 is 16.3 Å². The van der Waals surface area contributed by atoms with Crippen molar-refractivity contribution < 1.29 is 9.18 Å². The number of rotatable bonds is 1. The molecule has 1 rings (SSSR count). The molecule has 1 aliphatic rings. The molecule has 0 heterocycles. The minimum Gasteiger partial charge on any atom is -0.280 e. The van der Waals surface area contributed by atoms with Gasteiger partial charge < -0.3 is 0 Å². The van der Waals surface area contributed by atoms with Gasteiger partial charge in [-0.25, -0.2) is 4.39 Å². The van der Waals surface area contributed by atoms with Crippen LogP contribution in [-0.2, 0) is 4.79 Å². The predicted molar refractivity (Wildman–Crippen MR) is 47.1 cm³/mol. The lowest BCUT2D eigenvalue weighted by molar-refractivity contribution is -0.115. The van der Waals surface area contributed by atoms with Crippen LogP contribution in [0, 0.1) is 5.92 Å². The first-order valence-electron chi connectivity index (χ1n) is 3.07. The summed E-state index contributed by atoms with van der Waals surface area (Å²) >= 11 is 15.9. The van der Waals surface area contributed by atoms with Gasteiger partial charge in [0.15, 0.2) is 0 Å². The fourth-order valence-electron chi connectivity index (χ4n) is 0.865. The molecule has 2 atom stereocenters. The summed E-state index contributed by atoms with van der Waals surface area (Å²) in [5, 5.41) is -2.99. The van der Waals surface area contributed by atoms with Gasteiger partial charge in [0, 0.05) is 5.03 Å². The predicted octanol–water partition coefficient (Wildman–Crippen LogP) is 2.97. The summed E-state index contributed by atoms with van der Waals surface area (Å²) in [5.74, 6) is -1.16. The molecule has 1 nitrogen and oxygen atoms in total. The molecule has 0 aromatic carbocycles. The number of halogens is 4. The SMILES string of the molecule is O=C(Cl)C1C=CC(Cl)=CC1(F)Cl. The number of allylic oxidation sites excluding steroid dienone is 4. The van der Waals surface area contributed by atoms with Crippen molar-refractivity contribution in [3.05, 3.63) is 23.3 Å². The fraction of sp³-hybridized carbons (Fsp3) is 0.286. The van der Waals surface area contributed by atoms with Gasteiger partial charge in [0.25, 0.3) is 0 Å². The highest BCUT2D eigenvalue weighted by atomic mass is 35.5. The van der Waals surface area contributed by atoms with Crippen LogP contribution in [0.2, 0.25) is 0 Å². The molecule has 0 aromatic heterocycles. The summed E-state index contributed by atoms with van der Waals surface area (Å²) in [5.41, 5.74) is 0. The van der Waals surface area contributed by atoms with Crippen LogP contribution in [0.25, 0.3) is 0 Å². The van der Waals surface area contributed by atoms with E-state index in [1.165, 1.54) is 12.2 Å². The van der Waals surface area contributed by atoms with E-state index in [1.54, 1.807) is 0 Å². The molecule has 0 aliphatic heterocycles. The molecule has 5 heteroatoms. The van der Waals surface area contributed by atoms with Gasteiger partial charge in [-0.2, -0.15) is 0 Å². The first-order chi connectivity index (χ1) is 5.43. The summed E-state index contributed by atoms with van der Waals surface area (Å²) in [7, 11) is 0. The molecule has 66 valence electrons. The molecule has 0 saturated carbocycles. The molecular weight excluding hydrogens is 225 g/mol. The Hall–Kier alpha value is -0.0500. The molecule has 2 unspecified atom stereocenters.